The molecule has 380 valence electrons. The first-order chi connectivity index (χ1) is 30.8. The molecular formula is C51H97N5O8S. The number of amides is 2. The van der Waals surface area contributed by atoms with Gasteiger partial charge in [0.2, 0.25) is 6.41 Å². The number of allylic oxidation sites excluding steroid dienone is 1. The van der Waals surface area contributed by atoms with Crippen LogP contribution in [-0.2, 0) is 35.1 Å². The molecule has 1 fully saturated rings. The van der Waals surface area contributed by atoms with Gasteiger partial charge in [0, 0.05) is 39.0 Å². The van der Waals surface area contributed by atoms with Gasteiger partial charge in [-0.25, -0.2) is 4.79 Å². The van der Waals surface area contributed by atoms with E-state index in [-0.39, 0.29) is 28.7 Å². The van der Waals surface area contributed by atoms with Crippen LogP contribution < -0.4 is 11.1 Å². The number of thioether (sulfide) groups is 1. The summed E-state index contributed by atoms with van der Waals surface area (Å²) in [5, 5.41) is 22.4. The van der Waals surface area contributed by atoms with E-state index in [1.165, 1.54) is 38.6 Å². The number of benzene rings is 1. The van der Waals surface area contributed by atoms with E-state index < -0.39 is 24.0 Å². The van der Waals surface area contributed by atoms with Gasteiger partial charge in [0.1, 0.15) is 17.4 Å². The quantitative estimate of drug-likeness (QED) is 0.0308. The lowest BCUT2D eigenvalue weighted by Crippen LogP contribution is -2.39. The Kier molecular flexibility index (Phi) is 62.5. The summed E-state index contributed by atoms with van der Waals surface area (Å²) in [4.78, 5) is 55.9. The molecule has 0 aromatic heterocycles. The van der Waals surface area contributed by atoms with E-state index in [1.807, 2.05) is 125 Å². The molecular weight excluding hydrogens is 843 g/mol. The number of carbonyl (C=O) groups excluding carboxylic acids is 4. The minimum absolute atomic E-state index is 0.0289. The second kappa shape index (κ2) is 54.1. The zero-order valence-corrected chi connectivity index (χ0v) is 45.1. The van der Waals surface area contributed by atoms with Crippen molar-refractivity contribution >= 4 is 48.0 Å². The molecule has 4 atom stereocenters. The number of likely N-dealkylation sites (tertiary alicyclic amines) is 1. The largest absolute Gasteiger partial charge is 0.481 e. The van der Waals surface area contributed by atoms with Crippen molar-refractivity contribution in [1.82, 2.24) is 15.1 Å². The molecule has 5 N–H and O–H groups in total. The van der Waals surface area contributed by atoms with Gasteiger partial charge < -0.3 is 40.2 Å². The Morgan fingerprint density at radius 1 is 0.969 bits per heavy atom. The summed E-state index contributed by atoms with van der Waals surface area (Å²) in [6.45, 7) is 36.8. The minimum Gasteiger partial charge on any atom is -0.481 e. The molecule has 1 aliphatic rings. The van der Waals surface area contributed by atoms with Crippen LogP contribution in [0.15, 0.2) is 60.2 Å². The Morgan fingerprint density at radius 2 is 1.46 bits per heavy atom. The molecule has 0 saturated carbocycles. The van der Waals surface area contributed by atoms with Crippen LogP contribution in [0, 0.1) is 23.2 Å². The van der Waals surface area contributed by atoms with Crippen molar-refractivity contribution in [3.63, 3.8) is 0 Å². The van der Waals surface area contributed by atoms with E-state index in [9.17, 15) is 24.3 Å². The highest BCUT2D eigenvalue weighted by atomic mass is 32.2. The second-order valence-electron chi connectivity index (χ2n) is 15.0. The summed E-state index contributed by atoms with van der Waals surface area (Å²) < 4.78 is 10.7. The molecule has 1 aliphatic heterocycles. The highest BCUT2D eigenvalue weighted by molar-refractivity contribution is 8.16. The Morgan fingerprint density at radius 3 is 1.85 bits per heavy atom. The van der Waals surface area contributed by atoms with E-state index in [1.54, 1.807) is 17.9 Å². The van der Waals surface area contributed by atoms with Gasteiger partial charge in [0.15, 0.2) is 6.10 Å². The third-order valence-electron chi connectivity index (χ3n) is 7.91. The van der Waals surface area contributed by atoms with Gasteiger partial charge >= 0.3 is 18.0 Å². The summed E-state index contributed by atoms with van der Waals surface area (Å²) in [7, 11) is 5.48. The number of nitrogens with one attached hydrogen (secondary N) is 2. The van der Waals surface area contributed by atoms with Crippen LogP contribution in [0.2, 0.25) is 0 Å². The number of nitrogens with two attached hydrogens (primary N) is 1. The summed E-state index contributed by atoms with van der Waals surface area (Å²) in [5.74, 6) is -1.29. The molecule has 65 heavy (non-hydrogen) atoms. The summed E-state index contributed by atoms with van der Waals surface area (Å²) in [5.41, 5.74) is 7.78. The molecule has 0 bridgehead atoms. The number of ether oxygens (including phenoxy) is 2. The Balaban J connectivity index is -0.000000166. The number of carboxylic acids is 1. The average molecular weight is 940 g/mol. The average Bonchev–Trinajstić information content (AvgIpc) is 3.29. The number of aliphatic carboxylic acids is 1. The third-order valence-corrected chi connectivity index (χ3v) is 8.72. The lowest BCUT2D eigenvalue weighted by atomic mass is 9.90. The topological polar surface area (TPSA) is 192 Å². The molecule has 1 heterocycles. The van der Waals surface area contributed by atoms with E-state index >= 15 is 0 Å². The first-order valence-electron chi connectivity index (χ1n) is 23.2. The Hall–Kier alpha value is -4.23. The van der Waals surface area contributed by atoms with Crippen molar-refractivity contribution in [2.75, 3.05) is 40.8 Å². The molecule has 0 spiro atoms. The molecule has 2 rings (SSSR count). The van der Waals surface area contributed by atoms with Crippen molar-refractivity contribution in [1.29, 1.82) is 5.41 Å². The lowest BCUT2D eigenvalue weighted by Gasteiger charge is -2.31. The van der Waals surface area contributed by atoms with Gasteiger partial charge in [-0.3, -0.25) is 19.8 Å². The molecule has 4 unspecified atom stereocenters. The number of hydrogen-bond acceptors (Lipinski definition) is 11. The van der Waals surface area contributed by atoms with Crippen LogP contribution in [0.5, 0.6) is 0 Å². The molecule has 0 aliphatic carbocycles. The summed E-state index contributed by atoms with van der Waals surface area (Å²) >= 11 is 1.23. The van der Waals surface area contributed by atoms with Crippen LogP contribution >= 0.6 is 11.8 Å². The van der Waals surface area contributed by atoms with Gasteiger partial charge in [-0.1, -0.05) is 137 Å². The van der Waals surface area contributed by atoms with Crippen molar-refractivity contribution in [2.24, 2.45) is 23.5 Å². The summed E-state index contributed by atoms with van der Waals surface area (Å²) in [6.07, 6.45) is 9.97. The number of esters is 1. The number of hydrogen-bond donors (Lipinski definition) is 4. The SMILES string of the molecule is C=C=CCNC=O.C=O.CC.CC.CC.CC(=O)OC(CC(C(C)C)N(C)C)C(=N)S/C=C/C(Cc1ccccc1)CC(C)C(=O)O.CC(C)(C)OC(=O)N1CCCCC1.CCC.CN. The van der Waals surface area contributed by atoms with Gasteiger partial charge in [0.25, 0.3) is 0 Å². The molecule has 14 heteroatoms. The first kappa shape index (κ1) is 75.1. The predicted octanol–water partition coefficient (Wildman–Crippen LogP) is 11.5. The molecule has 1 saturated heterocycles. The van der Waals surface area contributed by atoms with E-state index in [2.05, 4.69) is 56.0 Å². The fourth-order valence-electron chi connectivity index (χ4n) is 5.29. The van der Waals surface area contributed by atoms with Crippen LogP contribution in [-0.4, -0.2) is 110 Å². The highest BCUT2D eigenvalue weighted by Gasteiger charge is 2.27. The molecule has 1 aromatic carbocycles. The zero-order valence-electron chi connectivity index (χ0n) is 44.3. The zero-order chi connectivity index (χ0) is 52.4. The first-order valence-corrected chi connectivity index (χ1v) is 24.1. The fraction of sp³-hybridized carbons (Fsp3) is 0.667. The monoisotopic (exact) mass is 940 g/mol. The van der Waals surface area contributed by atoms with Crippen molar-refractivity contribution in [3.05, 3.63) is 65.8 Å². The van der Waals surface area contributed by atoms with Gasteiger partial charge in [-0.05, 0) is 103 Å². The van der Waals surface area contributed by atoms with Crippen molar-refractivity contribution in [2.45, 2.75) is 167 Å². The maximum absolute atomic E-state index is 11.6. The highest BCUT2D eigenvalue weighted by Crippen LogP contribution is 2.24. The summed E-state index contributed by atoms with van der Waals surface area (Å²) in [6, 6.07) is 10.1. The van der Waals surface area contributed by atoms with Crippen LogP contribution in [0.4, 0.5) is 4.79 Å². The van der Waals surface area contributed by atoms with Crippen molar-refractivity contribution < 1.29 is 38.6 Å². The lowest BCUT2D eigenvalue weighted by molar-refractivity contribution is -0.144. The van der Waals surface area contributed by atoms with Gasteiger partial charge in [0.05, 0.1) is 5.92 Å². The number of nitrogens with zero attached hydrogens (tertiary/aromatic N) is 2. The fourth-order valence-corrected chi connectivity index (χ4v) is 6.03. The Labute approximate surface area is 402 Å². The van der Waals surface area contributed by atoms with Crippen LogP contribution in [0.3, 0.4) is 0 Å². The minimum atomic E-state index is -0.810. The third kappa shape index (κ3) is 50.6. The van der Waals surface area contributed by atoms with E-state index in [4.69, 9.17) is 19.7 Å². The normalized spacial score (nSPS) is 12.7. The molecule has 0 radical (unpaired) electrons. The van der Waals surface area contributed by atoms with Gasteiger partial charge in [-0.2, -0.15) is 0 Å². The number of carboxylic acid groups (broad SMARTS) is 1. The van der Waals surface area contributed by atoms with E-state index in [0.29, 0.717) is 31.7 Å². The maximum atomic E-state index is 11.6. The molecule has 2 amide bonds. The standard InChI is InChI=1S/C25H38N2O4S.C10H19NO2.C5H7NO.C3H8.3C2H6.CH5N.CH2O/c1-17(2)22(27(5)6)16-23(31-19(4)28)24(26)32-13-12-21(14-18(3)25(29)30)15-20-10-8-7-9-11-20;1-10(2,3)13-9(12)11-7-5-4-6-8-11;1-2-3-4-6-5-7;1-3-2;5*1-2/h7-13,17-18,21-23,26H,14-16H2,1-6H3,(H,29,30);4-8H2,1-3H3;3,5H,1,4H2,(H,6,7);3H2,1-2H3;3*1-2H3;2H2,1H3;1H2/b13-12+,26-24?;;;;;;;;. The van der Waals surface area contributed by atoms with Crippen LogP contribution in [0.25, 0.3) is 0 Å². The number of carbonyl (C=O) groups is 5. The van der Waals surface area contributed by atoms with Crippen LogP contribution in [0.1, 0.15) is 148 Å². The predicted molar refractivity (Wildman–Crippen MR) is 279 cm³/mol. The number of piperidine rings is 1. The van der Waals surface area contributed by atoms with Gasteiger partial charge in [-0.15, -0.1) is 5.73 Å². The van der Waals surface area contributed by atoms with Crippen molar-refractivity contribution in [3.8, 4) is 0 Å². The Bertz CT molecular complexity index is 1320. The second-order valence-corrected chi connectivity index (χ2v) is 16.0. The molecule has 13 nitrogen and oxygen atoms in total. The maximum Gasteiger partial charge on any atom is 0.410 e. The smallest absolute Gasteiger partial charge is 0.410 e. The molecule has 1 aromatic rings. The van der Waals surface area contributed by atoms with E-state index in [0.717, 1.165) is 37.9 Å². The number of rotatable bonds is 16.